The van der Waals surface area contributed by atoms with Crippen molar-refractivity contribution in [3.8, 4) is 0 Å². The van der Waals surface area contributed by atoms with Gasteiger partial charge in [-0.25, -0.2) is 0 Å². The fraction of sp³-hybridized carbons (Fsp3) is 0.333. The number of fused-ring (bicyclic) bond motifs is 1. The molecular formula is C15H13NO6. The molecule has 2 fully saturated rings. The van der Waals surface area contributed by atoms with Crippen LogP contribution in [0.15, 0.2) is 30.3 Å². The van der Waals surface area contributed by atoms with Crippen LogP contribution in [0.4, 0.5) is 0 Å². The van der Waals surface area contributed by atoms with Gasteiger partial charge in [0.05, 0.1) is 13.0 Å². The van der Waals surface area contributed by atoms with Gasteiger partial charge in [-0.2, -0.15) is 0 Å². The summed E-state index contributed by atoms with van der Waals surface area (Å²) in [6.07, 6.45) is -1.83. The molecule has 0 spiro atoms. The minimum absolute atomic E-state index is 0.0373. The van der Waals surface area contributed by atoms with Gasteiger partial charge in [-0.15, -0.1) is 0 Å². The van der Waals surface area contributed by atoms with E-state index in [0.29, 0.717) is 0 Å². The number of imide groups is 1. The third-order valence-electron chi connectivity index (χ3n) is 3.69. The van der Waals surface area contributed by atoms with Crippen molar-refractivity contribution in [3.63, 3.8) is 0 Å². The molecule has 3 rings (SSSR count). The first-order valence-corrected chi connectivity index (χ1v) is 6.73. The third kappa shape index (κ3) is 2.05. The first kappa shape index (κ1) is 14.2. The fourth-order valence-electron chi connectivity index (χ4n) is 2.79. The number of benzene rings is 1. The average Bonchev–Trinajstić information content (AvgIpc) is 2.88. The summed E-state index contributed by atoms with van der Waals surface area (Å²) in [5.41, 5.74) is -1.11. The molecule has 1 aromatic carbocycles. The number of amides is 2. The molecule has 0 unspecified atom stereocenters. The number of hydrogen-bond acceptors (Lipinski definition) is 6. The van der Waals surface area contributed by atoms with Crippen LogP contribution in [0.25, 0.3) is 0 Å². The van der Waals surface area contributed by atoms with E-state index in [1.807, 2.05) is 6.07 Å². The van der Waals surface area contributed by atoms with E-state index in [2.05, 4.69) is 0 Å². The first-order chi connectivity index (χ1) is 10.4. The highest BCUT2D eigenvalue weighted by molar-refractivity contribution is 6.14. The van der Waals surface area contributed by atoms with Crippen molar-refractivity contribution in [1.82, 2.24) is 4.90 Å². The minimum Gasteiger partial charge on any atom is -0.447 e. The number of carbonyl (C=O) groups excluding carboxylic acids is 4. The van der Waals surface area contributed by atoms with E-state index in [9.17, 15) is 19.2 Å². The SMILES string of the molecule is CC(=O)O[C@@]12CC(=O)O[C@@H]1C(=O)N(Cc1ccccc1)C2=O. The lowest BCUT2D eigenvalue weighted by molar-refractivity contribution is -0.169. The van der Waals surface area contributed by atoms with E-state index in [1.165, 1.54) is 0 Å². The van der Waals surface area contributed by atoms with Crippen molar-refractivity contribution in [2.75, 3.05) is 0 Å². The Labute approximate surface area is 125 Å². The Balaban J connectivity index is 1.93. The fourth-order valence-corrected chi connectivity index (χ4v) is 2.79. The lowest BCUT2D eigenvalue weighted by atomic mass is 9.97. The quantitative estimate of drug-likeness (QED) is 0.584. The van der Waals surface area contributed by atoms with Crippen LogP contribution in [0.3, 0.4) is 0 Å². The predicted molar refractivity (Wildman–Crippen MR) is 71.0 cm³/mol. The van der Waals surface area contributed by atoms with Gasteiger partial charge in [-0.1, -0.05) is 30.3 Å². The standard InChI is InChI=1S/C15H13NO6/c1-9(17)22-15-7-11(18)21-12(15)13(19)16(14(15)20)8-10-5-3-2-4-6-10/h2-6,12H,7-8H2,1H3/t12-,15+/m1/s1. The van der Waals surface area contributed by atoms with Crippen LogP contribution in [0.5, 0.6) is 0 Å². The van der Waals surface area contributed by atoms with Crippen molar-refractivity contribution >= 4 is 23.8 Å². The number of rotatable bonds is 3. The Morgan fingerprint density at radius 1 is 1.32 bits per heavy atom. The second kappa shape index (κ2) is 4.94. The molecule has 0 bridgehead atoms. The zero-order valence-electron chi connectivity index (χ0n) is 11.8. The maximum atomic E-state index is 12.6. The molecule has 0 aliphatic carbocycles. The second-order valence-corrected chi connectivity index (χ2v) is 5.24. The summed E-state index contributed by atoms with van der Waals surface area (Å²) in [7, 11) is 0. The summed E-state index contributed by atoms with van der Waals surface area (Å²) in [4.78, 5) is 48.7. The summed E-state index contributed by atoms with van der Waals surface area (Å²) in [5, 5.41) is 0. The van der Waals surface area contributed by atoms with Crippen LogP contribution in [0.2, 0.25) is 0 Å². The Kier molecular flexibility index (Phi) is 3.20. The monoisotopic (exact) mass is 303 g/mol. The van der Waals surface area contributed by atoms with Crippen LogP contribution < -0.4 is 0 Å². The lowest BCUT2D eigenvalue weighted by Crippen LogP contribution is -2.46. The molecule has 2 aliphatic rings. The predicted octanol–water partition coefficient (Wildman–Crippen LogP) is 0.173. The van der Waals surface area contributed by atoms with Gasteiger partial charge in [0.25, 0.3) is 11.8 Å². The van der Waals surface area contributed by atoms with Gasteiger partial charge >= 0.3 is 11.9 Å². The largest absolute Gasteiger partial charge is 0.447 e. The zero-order chi connectivity index (χ0) is 15.9. The number of ether oxygens (including phenoxy) is 2. The Hall–Kier alpha value is -2.70. The van der Waals surface area contributed by atoms with Crippen molar-refractivity contribution < 1.29 is 28.7 Å². The molecule has 7 heteroatoms. The van der Waals surface area contributed by atoms with Gasteiger partial charge in [0.15, 0.2) is 0 Å². The highest BCUT2D eigenvalue weighted by Crippen LogP contribution is 2.40. The maximum absolute atomic E-state index is 12.6. The Morgan fingerprint density at radius 2 is 2.00 bits per heavy atom. The Bertz CT molecular complexity index is 670. The van der Waals surface area contributed by atoms with E-state index in [0.717, 1.165) is 17.4 Å². The molecule has 2 atom stereocenters. The summed E-state index contributed by atoms with van der Waals surface area (Å²) >= 11 is 0. The van der Waals surface area contributed by atoms with Gasteiger partial charge in [0, 0.05) is 6.92 Å². The molecular weight excluding hydrogens is 290 g/mol. The molecule has 0 aromatic heterocycles. The van der Waals surface area contributed by atoms with Gasteiger partial charge in [0.1, 0.15) is 0 Å². The van der Waals surface area contributed by atoms with E-state index < -0.39 is 41.9 Å². The number of hydrogen-bond donors (Lipinski definition) is 0. The molecule has 0 saturated carbocycles. The molecule has 2 aliphatic heterocycles. The normalized spacial score (nSPS) is 26.9. The molecule has 7 nitrogen and oxygen atoms in total. The molecule has 2 amide bonds. The third-order valence-corrected chi connectivity index (χ3v) is 3.69. The van der Waals surface area contributed by atoms with E-state index in [4.69, 9.17) is 9.47 Å². The molecule has 2 saturated heterocycles. The van der Waals surface area contributed by atoms with Crippen LogP contribution >= 0.6 is 0 Å². The molecule has 2 heterocycles. The number of esters is 2. The van der Waals surface area contributed by atoms with Crippen molar-refractivity contribution in [2.45, 2.75) is 31.6 Å². The summed E-state index contributed by atoms with van der Waals surface area (Å²) in [6, 6.07) is 8.90. The van der Waals surface area contributed by atoms with Gasteiger partial charge < -0.3 is 9.47 Å². The summed E-state index contributed by atoms with van der Waals surface area (Å²) < 4.78 is 9.96. The highest BCUT2D eigenvalue weighted by atomic mass is 16.6. The molecule has 0 N–H and O–H groups in total. The summed E-state index contributed by atoms with van der Waals surface area (Å²) in [6.45, 7) is 1.15. The molecule has 114 valence electrons. The Morgan fingerprint density at radius 3 is 2.64 bits per heavy atom. The smallest absolute Gasteiger partial charge is 0.311 e. The minimum atomic E-state index is -1.85. The first-order valence-electron chi connectivity index (χ1n) is 6.73. The van der Waals surface area contributed by atoms with Gasteiger partial charge in [-0.3, -0.25) is 24.1 Å². The van der Waals surface area contributed by atoms with E-state index >= 15 is 0 Å². The van der Waals surface area contributed by atoms with Crippen LogP contribution in [-0.4, -0.2) is 40.4 Å². The zero-order valence-corrected chi connectivity index (χ0v) is 11.8. The average molecular weight is 303 g/mol. The van der Waals surface area contributed by atoms with Crippen molar-refractivity contribution in [1.29, 1.82) is 0 Å². The van der Waals surface area contributed by atoms with Crippen LogP contribution in [0, 0.1) is 0 Å². The topological polar surface area (TPSA) is 90.0 Å². The molecule has 0 radical (unpaired) electrons. The van der Waals surface area contributed by atoms with Gasteiger partial charge in [-0.05, 0) is 5.56 Å². The van der Waals surface area contributed by atoms with Crippen LogP contribution in [0.1, 0.15) is 18.9 Å². The van der Waals surface area contributed by atoms with E-state index in [-0.39, 0.29) is 6.54 Å². The lowest BCUT2D eigenvalue weighted by Gasteiger charge is -2.22. The number of carbonyl (C=O) groups is 4. The van der Waals surface area contributed by atoms with E-state index in [1.54, 1.807) is 24.3 Å². The van der Waals surface area contributed by atoms with Crippen LogP contribution in [-0.2, 0) is 35.2 Å². The second-order valence-electron chi connectivity index (χ2n) is 5.24. The maximum Gasteiger partial charge on any atom is 0.311 e. The molecule has 22 heavy (non-hydrogen) atoms. The highest BCUT2D eigenvalue weighted by Gasteiger charge is 2.69. The summed E-state index contributed by atoms with van der Waals surface area (Å²) in [5.74, 6) is -2.85. The number of likely N-dealkylation sites (tertiary alicyclic amines) is 1. The number of nitrogens with zero attached hydrogens (tertiary/aromatic N) is 1. The van der Waals surface area contributed by atoms with Gasteiger partial charge in [0.2, 0.25) is 11.7 Å². The van der Waals surface area contributed by atoms with Crippen molar-refractivity contribution in [3.05, 3.63) is 35.9 Å². The molecule has 1 aromatic rings. The van der Waals surface area contributed by atoms with Crippen molar-refractivity contribution in [2.24, 2.45) is 0 Å².